The van der Waals surface area contributed by atoms with Gasteiger partial charge in [0, 0.05) is 10.9 Å². The van der Waals surface area contributed by atoms with Gasteiger partial charge in [-0.15, -0.1) is 0 Å². The summed E-state index contributed by atoms with van der Waals surface area (Å²) in [5, 5.41) is 0.790. The predicted molar refractivity (Wildman–Crippen MR) is 81.0 cm³/mol. The molecule has 0 aliphatic rings. The summed E-state index contributed by atoms with van der Waals surface area (Å²) in [6.07, 6.45) is 1.87. The number of aromatic nitrogens is 1. The van der Waals surface area contributed by atoms with E-state index in [0.29, 0.717) is 16.8 Å². The lowest BCUT2D eigenvalue weighted by atomic mass is 10.1. The first-order valence-corrected chi connectivity index (χ1v) is 9.84. The van der Waals surface area contributed by atoms with E-state index in [4.69, 9.17) is 8.37 Å². The molecule has 1 aromatic carbocycles. The highest BCUT2D eigenvalue weighted by molar-refractivity contribution is 7.86. The zero-order valence-corrected chi connectivity index (χ0v) is 13.6. The van der Waals surface area contributed by atoms with Gasteiger partial charge in [-0.1, -0.05) is 18.2 Å². The van der Waals surface area contributed by atoms with Crippen molar-refractivity contribution >= 4 is 31.1 Å². The summed E-state index contributed by atoms with van der Waals surface area (Å²) in [7, 11) is -7.26. The number of fused-ring (bicyclic) bond motifs is 1. The van der Waals surface area contributed by atoms with Gasteiger partial charge in [0.25, 0.3) is 20.2 Å². The van der Waals surface area contributed by atoms with Crippen molar-refractivity contribution in [1.29, 1.82) is 0 Å². The molecule has 1 heterocycles. The number of rotatable bonds is 6. The van der Waals surface area contributed by atoms with E-state index >= 15 is 0 Å². The molecule has 0 spiro atoms. The highest BCUT2D eigenvalue weighted by Gasteiger charge is 2.13. The summed E-state index contributed by atoms with van der Waals surface area (Å²) in [5.74, 6) is 0. The molecule has 1 aromatic heterocycles. The zero-order valence-electron chi connectivity index (χ0n) is 12.0. The fourth-order valence-electron chi connectivity index (χ4n) is 1.78. The summed E-state index contributed by atoms with van der Waals surface area (Å²) in [6.45, 7) is -0.523. The summed E-state index contributed by atoms with van der Waals surface area (Å²) < 4.78 is 54.0. The second-order valence-corrected chi connectivity index (χ2v) is 8.01. The van der Waals surface area contributed by atoms with Gasteiger partial charge < -0.3 is 0 Å². The molecule has 0 amide bonds. The van der Waals surface area contributed by atoms with Gasteiger partial charge in [-0.3, -0.25) is 8.37 Å². The average molecular weight is 345 g/mol. The normalized spacial score (nSPS) is 12.6. The Balaban J connectivity index is 2.40. The molecule has 120 valence electrons. The van der Waals surface area contributed by atoms with E-state index in [1.54, 1.807) is 18.2 Å². The molecular formula is C13H15NO6S2. The Labute approximate surface area is 129 Å². The number of para-hydroxylation sites is 1. The van der Waals surface area contributed by atoms with E-state index in [-0.39, 0.29) is 13.2 Å². The van der Waals surface area contributed by atoms with Crippen molar-refractivity contribution in [3.8, 4) is 0 Å². The molecule has 0 aliphatic carbocycles. The fraction of sp³-hybridized carbons (Fsp3) is 0.308. The van der Waals surface area contributed by atoms with Crippen molar-refractivity contribution < 1.29 is 25.2 Å². The van der Waals surface area contributed by atoms with E-state index in [1.807, 2.05) is 12.1 Å². The van der Waals surface area contributed by atoms with Crippen LogP contribution in [0.4, 0.5) is 0 Å². The first kappa shape index (κ1) is 16.8. The monoisotopic (exact) mass is 345 g/mol. The second-order valence-electron chi connectivity index (χ2n) is 4.72. The Bertz CT molecular complexity index is 815. The molecule has 0 unspecified atom stereocenters. The number of hydrogen-bond donors (Lipinski definition) is 0. The quantitative estimate of drug-likeness (QED) is 0.725. The largest absolute Gasteiger partial charge is 0.265 e. The first-order chi connectivity index (χ1) is 10.1. The van der Waals surface area contributed by atoms with E-state index < -0.39 is 20.2 Å². The van der Waals surface area contributed by atoms with Crippen LogP contribution < -0.4 is 0 Å². The Morgan fingerprint density at radius 1 is 0.955 bits per heavy atom. The van der Waals surface area contributed by atoms with Crippen molar-refractivity contribution in [2.45, 2.75) is 13.2 Å². The maximum atomic E-state index is 11.1. The number of benzene rings is 1. The minimum absolute atomic E-state index is 0.237. The van der Waals surface area contributed by atoms with Crippen molar-refractivity contribution in [3.05, 3.63) is 41.6 Å². The molecule has 0 saturated carbocycles. The molecule has 0 fully saturated rings. The predicted octanol–water partition coefficient (Wildman–Crippen LogP) is 1.19. The molecule has 2 aromatic rings. The lowest BCUT2D eigenvalue weighted by molar-refractivity contribution is 0.288. The highest BCUT2D eigenvalue weighted by Crippen LogP contribution is 2.19. The molecule has 0 bridgehead atoms. The van der Waals surface area contributed by atoms with Crippen LogP contribution in [0.5, 0.6) is 0 Å². The fourth-order valence-corrected chi connectivity index (χ4v) is 2.45. The summed E-state index contributed by atoms with van der Waals surface area (Å²) in [6, 6.07) is 8.89. The van der Waals surface area contributed by atoms with Gasteiger partial charge in [0.2, 0.25) is 0 Å². The molecular weight excluding hydrogens is 330 g/mol. The molecule has 22 heavy (non-hydrogen) atoms. The van der Waals surface area contributed by atoms with E-state index in [9.17, 15) is 16.8 Å². The van der Waals surface area contributed by atoms with Gasteiger partial charge in [0.15, 0.2) is 0 Å². The summed E-state index contributed by atoms with van der Waals surface area (Å²) in [5.41, 5.74) is 1.42. The third-order valence-corrected chi connectivity index (χ3v) is 3.82. The topological polar surface area (TPSA) is 99.6 Å². The molecule has 0 radical (unpaired) electrons. The molecule has 0 saturated heterocycles. The van der Waals surface area contributed by atoms with E-state index in [0.717, 1.165) is 17.9 Å². The van der Waals surface area contributed by atoms with Crippen molar-refractivity contribution in [3.63, 3.8) is 0 Å². The number of nitrogens with zero attached hydrogens (tertiary/aromatic N) is 1. The van der Waals surface area contributed by atoms with Crippen molar-refractivity contribution in [1.82, 2.24) is 4.98 Å². The van der Waals surface area contributed by atoms with E-state index in [1.165, 1.54) is 0 Å². The van der Waals surface area contributed by atoms with Crippen LogP contribution in [0.3, 0.4) is 0 Å². The third kappa shape index (κ3) is 5.02. The molecule has 2 rings (SSSR count). The van der Waals surface area contributed by atoms with Gasteiger partial charge in [-0.05, 0) is 12.1 Å². The van der Waals surface area contributed by atoms with Gasteiger partial charge in [0.1, 0.15) is 6.61 Å². The van der Waals surface area contributed by atoms with Crippen LogP contribution >= 0.6 is 0 Å². The number of hydrogen-bond acceptors (Lipinski definition) is 7. The minimum Gasteiger partial charge on any atom is -0.265 e. The Morgan fingerprint density at radius 2 is 1.55 bits per heavy atom. The van der Waals surface area contributed by atoms with Crippen LogP contribution in [-0.2, 0) is 41.8 Å². The Morgan fingerprint density at radius 3 is 2.18 bits per heavy atom. The van der Waals surface area contributed by atoms with Crippen LogP contribution in [0.1, 0.15) is 11.3 Å². The van der Waals surface area contributed by atoms with Gasteiger partial charge in [-0.25, -0.2) is 4.98 Å². The second kappa shape index (κ2) is 6.29. The standard InChI is InChI=1S/C13H15NO6S2/c1-21(15,16)19-8-11-7-10-5-3-4-6-12(10)14-13(11)9-20-22(2,17)18/h3-7H,8-9H2,1-2H3. The average Bonchev–Trinajstić information content (AvgIpc) is 2.40. The molecule has 9 heteroatoms. The maximum absolute atomic E-state index is 11.1. The molecule has 0 aliphatic heterocycles. The van der Waals surface area contributed by atoms with Gasteiger partial charge in [-0.2, -0.15) is 16.8 Å². The van der Waals surface area contributed by atoms with Gasteiger partial charge >= 0.3 is 0 Å². The summed E-state index contributed by atoms with van der Waals surface area (Å²) in [4.78, 5) is 4.31. The van der Waals surface area contributed by atoms with Crippen LogP contribution in [0.15, 0.2) is 30.3 Å². The highest BCUT2D eigenvalue weighted by atomic mass is 32.2. The lowest BCUT2D eigenvalue weighted by Crippen LogP contribution is -2.09. The Hall–Kier alpha value is -1.55. The first-order valence-electron chi connectivity index (χ1n) is 6.20. The lowest BCUT2D eigenvalue weighted by Gasteiger charge is -2.10. The SMILES string of the molecule is CS(=O)(=O)OCc1cc2ccccc2nc1COS(C)(=O)=O. The van der Waals surface area contributed by atoms with E-state index in [2.05, 4.69) is 4.98 Å². The smallest absolute Gasteiger partial charge is 0.264 e. The van der Waals surface area contributed by atoms with Gasteiger partial charge in [0.05, 0.1) is 30.3 Å². The molecule has 7 nitrogen and oxygen atoms in total. The van der Waals surface area contributed by atoms with Crippen molar-refractivity contribution in [2.75, 3.05) is 12.5 Å². The Kier molecular flexibility index (Phi) is 4.81. The third-order valence-electron chi connectivity index (χ3n) is 2.73. The maximum Gasteiger partial charge on any atom is 0.264 e. The van der Waals surface area contributed by atoms with Crippen molar-refractivity contribution in [2.24, 2.45) is 0 Å². The molecule has 0 atom stereocenters. The van der Waals surface area contributed by atoms with Crippen LogP contribution in [0.2, 0.25) is 0 Å². The molecule has 0 N–H and O–H groups in total. The minimum atomic E-state index is -3.63. The van der Waals surface area contributed by atoms with Crippen LogP contribution in [-0.4, -0.2) is 34.3 Å². The number of pyridine rings is 1. The van der Waals surface area contributed by atoms with Crippen LogP contribution in [0.25, 0.3) is 10.9 Å². The van der Waals surface area contributed by atoms with Crippen LogP contribution in [0, 0.1) is 0 Å². The zero-order chi connectivity index (χ0) is 16.4. The summed E-state index contributed by atoms with van der Waals surface area (Å²) >= 11 is 0.